The molecule has 2 amide bonds. The molecule has 1 fully saturated rings. The molecule has 1 heterocycles. The molecule has 0 spiro atoms. The number of hydrogen-bond donors (Lipinski definition) is 0. The van der Waals surface area contributed by atoms with E-state index in [-0.39, 0.29) is 11.8 Å². The van der Waals surface area contributed by atoms with Crippen LogP contribution in [0.4, 0.5) is 0 Å². The molecule has 3 rings (SSSR count). The summed E-state index contributed by atoms with van der Waals surface area (Å²) in [5, 5.41) is 0. The van der Waals surface area contributed by atoms with Gasteiger partial charge in [-0.05, 0) is 24.7 Å². The molecule has 0 aromatic heterocycles. The minimum Gasteiger partial charge on any atom is -0.338 e. The fourth-order valence-corrected chi connectivity index (χ4v) is 3.20. The Labute approximate surface area is 154 Å². The summed E-state index contributed by atoms with van der Waals surface area (Å²) in [5.74, 6) is 0.161. The van der Waals surface area contributed by atoms with Gasteiger partial charge >= 0.3 is 0 Å². The highest BCUT2D eigenvalue weighted by atomic mass is 16.2. The number of nitrogens with zero attached hydrogens (tertiary/aromatic N) is 3. The smallest absolute Gasteiger partial charge is 0.253 e. The highest BCUT2D eigenvalue weighted by Crippen LogP contribution is 2.10. The average Bonchev–Trinajstić information content (AvgIpc) is 2.69. The van der Waals surface area contributed by atoms with Gasteiger partial charge in [0.2, 0.25) is 5.91 Å². The lowest BCUT2D eigenvalue weighted by Gasteiger charge is -2.35. The van der Waals surface area contributed by atoms with Crippen LogP contribution >= 0.6 is 0 Å². The lowest BCUT2D eigenvalue weighted by molar-refractivity contribution is -0.133. The van der Waals surface area contributed by atoms with Gasteiger partial charge in [-0.1, -0.05) is 48.5 Å². The van der Waals surface area contributed by atoms with E-state index in [9.17, 15) is 9.59 Å². The number of carbonyl (C=O) groups is 2. The summed E-state index contributed by atoms with van der Waals surface area (Å²) in [5.41, 5.74) is 1.90. The van der Waals surface area contributed by atoms with Crippen molar-refractivity contribution >= 4 is 11.8 Å². The first kappa shape index (κ1) is 18.1. The SMILES string of the molecule is CN(CC(=O)N1CCN(C(=O)c2ccccc2)CC1)Cc1ccccc1. The lowest BCUT2D eigenvalue weighted by Crippen LogP contribution is -2.52. The predicted octanol–water partition coefficient (Wildman–Crippen LogP) is 2.10. The molecular weight excluding hydrogens is 326 g/mol. The molecule has 0 radical (unpaired) electrons. The van der Waals surface area contributed by atoms with Crippen LogP contribution in [0.3, 0.4) is 0 Å². The van der Waals surface area contributed by atoms with Crippen molar-refractivity contribution < 1.29 is 9.59 Å². The van der Waals surface area contributed by atoms with Crippen LogP contribution in [0.2, 0.25) is 0 Å². The zero-order chi connectivity index (χ0) is 18.4. The van der Waals surface area contributed by atoms with E-state index in [1.165, 1.54) is 5.56 Å². The van der Waals surface area contributed by atoms with Crippen molar-refractivity contribution in [3.05, 3.63) is 71.8 Å². The molecule has 2 aromatic carbocycles. The molecule has 0 saturated carbocycles. The fraction of sp³-hybridized carbons (Fsp3) is 0.333. The highest BCUT2D eigenvalue weighted by Gasteiger charge is 2.25. The molecule has 5 heteroatoms. The fourth-order valence-electron chi connectivity index (χ4n) is 3.20. The molecule has 1 aliphatic heterocycles. The van der Waals surface area contributed by atoms with E-state index in [2.05, 4.69) is 12.1 Å². The van der Waals surface area contributed by atoms with Gasteiger partial charge in [0.05, 0.1) is 6.54 Å². The Balaban J connectivity index is 1.47. The maximum Gasteiger partial charge on any atom is 0.253 e. The van der Waals surface area contributed by atoms with Crippen molar-refractivity contribution in [3.8, 4) is 0 Å². The van der Waals surface area contributed by atoms with Crippen molar-refractivity contribution in [3.63, 3.8) is 0 Å². The minimum atomic E-state index is 0.0406. The van der Waals surface area contributed by atoms with Gasteiger partial charge in [-0.15, -0.1) is 0 Å². The first-order valence-corrected chi connectivity index (χ1v) is 8.98. The molecule has 0 aliphatic carbocycles. The number of benzene rings is 2. The second-order valence-corrected chi connectivity index (χ2v) is 6.70. The zero-order valence-electron chi connectivity index (χ0n) is 15.2. The summed E-state index contributed by atoms with van der Waals surface area (Å²) in [7, 11) is 1.96. The standard InChI is InChI=1S/C21H25N3O2/c1-22(16-18-8-4-2-5-9-18)17-20(25)23-12-14-24(15-13-23)21(26)19-10-6-3-7-11-19/h2-11H,12-17H2,1H3. The van der Waals surface area contributed by atoms with Crippen LogP contribution in [0.25, 0.3) is 0 Å². The van der Waals surface area contributed by atoms with E-state index in [4.69, 9.17) is 0 Å². The summed E-state index contributed by atoms with van der Waals surface area (Å²) >= 11 is 0. The molecule has 1 aliphatic rings. The quantitative estimate of drug-likeness (QED) is 0.829. The molecule has 0 unspecified atom stereocenters. The second-order valence-electron chi connectivity index (χ2n) is 6.70. The molecule has 0 atom stereocenters. The highest BCUT2D eigenvalue weighted by molar-refractivity contribution is 5.94. The molecule has 26 heavy (non-hydrogen) atoms. The van der Waals surface area contributed by atoms with Gasteiger partial charge in [-0.25, -0.2) is 0 Å². The topological polar surface area (TPSA) is 43.9 Å². The monoisotopic (exact) mass is 351 g/mol. The first-order valence-electron chi connectivity index (χ1n) is 8.98. The Morgan fingerprint density at radius 2 is 1.38 bits per heavy atom. The molecule has 2 aromatic rings. The summed E-state index contributed by atoms with van der Waals surface area (Å²) in [6.07, 6.45) is 0. The van der Waals surface area contributed by atoms with Gasteiger partial charge in [-0.2, -0.15) is 0 Å². The van der Waals surface area contributed by atoms with Crippen molar-refractivity contribution in [1.29, 1.82) is 0 Å². The summed E-state index contributed by atoms with van der Waals surface area (Å²) < 4.78 is 0. The van der Waals surface area contributed by atoms with Crippen molar-refractivity contribution in [2.75, 3.05) is 39.8 Å². The van der Waals surface area contributed by atoms with Gasteiger partial charge in [0.1, 0.15) is 0 Å². The van der Waals surface area contributed by atoms with E-state index in [1.807, 2.05) is 70.3 Å². The Kier molecular flexibility index (Phi) is 6.02. The van der Waals surface area contributed by atoms with E-state index < -0.39 is 0 Å². The Bertz CT molecular complexity index is 725. The van der Waals surface area contributed by atoms with Crippen molar-refractivity contribution in [2.24, 2.45) is 0 Å². The number of likely N-dealkylation sites (N-methyl/N-ethyl adjacent to an activating group) is 1. The number of hydrogen-bond acceptors (Lipinski definition) is 3. The van der Waals surface area contributed by atoms with Crippen LogP contribution < -0.4 is 0 Å². The van der Waals surface area contributed by atoms with E-state index in [0.717, 1.165) is 6.54 Å². The second kappa shape index (κ2) is 8.63. The van der Waals surface area contributed by atoms with Crippen LogP contribution in [0.15, 0.2) is 60.7 Å². The predicted molar refractivity (Wildman–Crippen MR) is 102 cm³/mol. The van der Waals surface area contributed by atoms with Gasteiger partial charge in [0, 0.05) is 38.3 Å². The third-order valence-corrected chi connectivity index (χ3v) is 4.64. The van der Waals surface area contributed by atoms with Crippen LogP contribution in [0, 0.1) is 0 Å². The molecular formula is C21H25N3O2. The third kappa shape index (κ3) is 4.70. The Morgan fingerprint density at radius 1 is 0.846 bits per heavy atom. The van der Waals surface area contributed by atoms with E-state index in [1.54, 1.807) is 0 Å². The van der Waals surface area contributed by atoms with Gasteiger partial charge < -0.3 is 9.80 Å². The average molecular weight is 351 g/mol. The van der Waals surface area contributed by atoms with Crippen LogP contribution in [0.1, 0.15) is 15.9 Å². The van der Waals surface area contributed by atoms with Crippen LogP contribution in [0.5, 0.6) is 0 Å². The number of carbonyl (C=O) groups excluding carboxylic acids is 2. The third-order valence-electron chi connectivity index (χ3n) is 4.64. The number of rotatable bonds is 5. The Morgan fingerprint density at radius 3 is 2.00 bits per heavy atom. The van der Waals surface area contributed by atoms with Crippen LogP contribution in [-0.2, 0) is 11.3 Å². The van der Waals surface area contributed by atoms with Crippen LogP contribution in [-0.4, -0.2) is 66.3 Å². The molecule has 0 bridgehead atoms. The Hall–Kier alpha value is -2.66. The number of amides is 2. The van der Waals surface area contributed by atoms with E-state index >= 15 is 0 Å². The molecule has 136 valence electrons. The molecule has 1 saturated heterocycles. The maximum atomic E-state index is 12.5. The summed E-state index contributed by atoms with van der Waals surface area (Å²) in [6.45, 7) is 3.50. The zero-order valence-corrected chi connectivity index (χ0v) is 15.2. The first-order chi connectivity index (χ1) is 12.6. The lowest BCUT2D eigenvalue weighted by atomic mass is 10.2. The summed E-state index contributed by atoms with van der Waals surface area (Å²) in [4.78, 5) is 30.7. The van der Waals surface area contributed by atoms with E-state index in [0.29, 0.717) is 38.3 Å². The molecule has 5 nitrogen and oxygen atoms in total. The largest absolute Gasteiger partial charge is 0.338 e. The number of piperazine rings is 1. The van der Waals surface area contributed by atoms with Crippen molar-refractivity contribution in [1.82, 2.24) is 14.7 Å². The van der Waals surface area contributed by atoms with Gasteiger partial charge in [0.15, 0.2) is 0 Å². The minimum absolute atomic E-state index is 0.0406. The summed E-state index contributed by atoms with van der Waals surface area (Å²) in [6, 6.07) is 19.4. The van der Waals surface area contributed by atoms with Gasteiger partial charge in [-0.3, -0.25) is 14.5 Å². The maximum absolute atomic E-state index is 12.5. The van der Waals surface area contributed by atoms with Crippen molar-refractivity contribution in [2.45, 2.75) is 6.54 Å². The van der Waals surface area contributed by atoms with Gasteiger partial charge in [0.25, 0.3) is 5.91 Å². The molecule has 0 N–H and O–H groups in total. The normalized spacial score (nSPS) is 14.5.